The van der Waals surface area contributed by atoms with E-state index in [1.807, 2.05) is 19.1 Å². The van der Waals surface area contributed by atoms with Gasteiger partial charge in [0.25, 0.3) is 5.91 Å². The number of carbonyl (C=O) groups is 2. The topological polar surface area (TPSA) is 59.8 Å². The summed E-state index contributed by atoms with van der Waals surface area (Å²) in [4.78, 5) is 25.2. The molecular formula is C21H27N2O3+. The maximum absolute atomic E-state index is 12.4. The Labute approximate surface area is 154 Å². The van der Waals surface area contributed by atoms with E-state index < -0.39 is 0 Å². The van der Waals surface area contributed by atoms with Gasteiger partial charge < -0.3 is 15.0 Å². The number of likely N-dealkylation sites (tertiary alicyclic amines) is 1. The number of quaternary nitrogens is 1. The third kappa shape index (κ3) is 4.41. The van der Waals surface area contributed by atoms with E-state index in [0.717, 1.165) is 31.5 Å². The molecule has 3 rings (SSSR count). The zero-order valence-corrected chi connectivity index (χ0v) is 15.5. The van der Waals surface area contributed by atoms with Crippen LogP contribution in [0.5, 0.6) is 0 Å². The summed E-state index contributed by atoms with van der Waals surface area (Å²) < 4.78 is 4.81. The summed E-state index contributed by atoms with van der Waals surface area (Å²) in [6, 6.07) is 14.5. The van der Waals surface area contributed by atoms with Crippen molar-refractivity contribution in [1.82, 2.24) is 5.32 Å². The summed E-state index contributed by atoms with van der Waals surface area (Å²) in [7, 11) is 1.43. The summed E-state index contributed by atoms with van der Waals surface area (Å²) in [5.41, 5.74) is 1.11. The van der Waals surface area contributed by atoms with Crippen LogP contribution in [-0.4, -0.2) is 38.6 Å². The summed E-state index contributed by atoms with van der Waals surface area (Å²) in [5, 5.41) is 5.49. The van der Waals surface area contributed by atoms with E-state index in [1.165, 1.54) is 22.8 Å². The molecule has 0 aliphatic carbocycles. The highest BCUT2D eigenvalue weighted by atomic mass is 16.5. The smallest absolute Gasteiger partial charge is 0.309 e. The molecule has 2 aromatic carbocycles. The van der Waals surface area contributed by atoms with Crippen LogP contribution in [0.2, 0.25) is 0 Å². The average Bonchev–Trinajstić information content (AvgIpc) is 2.67. The van der Waals surface area contributed by atoms with E-state index in [1.54, 1.807) is 0 Å². The van der Waals surface area contributed by atoms with Gasteiger partial charge in [-0.2, -0.15) is 0 Å². The zero-order valence-electron chi connectivity index (χ0n) is 15.5. The number of ether oxygens (including phenoxy) is 1. The second-order valence-electron chi connectivity index (χ2n) is 7.12. The van der Waals surface area contributed by atoms with Crippen molar-refractivity contribution < 1.29 is 19.2 Å². The zero-order chi connectivity index (χ0) is 18.5. The van der Waals surface area contributed by atoms with Crippen molar-refractivity contribution >= 4 is 22.6 Å². The van der Waals surface area contributed by atoms with E-state index in [0.29, 0.717) is 6.54 Å². The number of fused-ring (bicyclic) bond motifs is 1. The van der Waals surface area contributed by atoms with Gasteiger partial charge in [0.05, 0.1) is 32.2 Å². The van der Waals surface area contributed by atoms with Crippen LogP contribution in [0.4, 0.5) is 0 Å². The maximum Gasteiger partial charge on any atom is 0.309 e. The van der Waals surface area contributed by atoms with E-state index in [-0.39, 0.29) is 23.8 Å². The van der Waals surface area contributed by atoms with Gasteiger partial charge in [-0.15, -0.1) is 0 Å². The van der Waals surface area contributed by atoms with Crippen molar-refractivity contribution in [2.45, 2.75) is 25.8 Å². The highest BCUT2D eigenvalue weighted by Gasteiger charge is 2.29. The number of nitrogens with one attached hydrogen (secondary N) is 2. The largest absolute Gasteiger partial charge is 0.469 e. The predicted octanol–water partition coefficient (Wildman–Crippen LogP) is 1.48. The molecule has 0 unspecified atom stereocenters. The van der Waals surface area contributed by atoms with Crippen molar-refractivity contribution in [3.63, 3.8) is 0 Å². The Morgan fingerprint density at radius 2 is 1.85 bits per heavy atom. The van der Waals surface area contributed by atoms with Crippen LogP contribution in [0.15, 0.2) is 42.5 Å². The Balaban J connectivity index is 1.52. The normalized spacial score (nSPS) is 21.2. The molecule has 0 radical (unpaired) electrons. The molecule has 1 fully saturated rings. The minimum Gasteiger partial charge on any atom is -0.469 e. The molecular weight excluding hydrogens is 328 g/mol. The van der Waals surface area contributed by atoms with Crippen molar-refractivity contribution in [3.05, 3.63) is 48.0 Å². The molecule has 5 nitrogen and oxygen atoms in total. The quantitative estimate of drug-likeness (QED) is 0.799. The SMILES string of the molecule is COC(=O)C1CC[NH+](CC(=O)N[C@@H](C)c2ccc3ccccc3c2)CC1. The lowest BCUT2D eigenvalue weighted by atomic mass is 9.97. The van der Waals surface area contributed by atoms with E-state index in [4.69, 9.17) is 4.74 Å². The molecule has 0 bridgehead atoms. The number of carbonyl (C=O) groups excluding carboxylic acids is 2. The molecule has 1 amide bonds. The van der Waals surface area contributed by atoms with Gasteiger partial charge in [-0.1, -0.05) is 36.4 Å². The van der Waals surface area contributed by atoms with Crippen LogP contribution >= 0.6 is 0 Å². The first kappa shape index (κ1) is 18.4. The molecule has 1 aliphatic heterocycles. The van der Waals surface area contributed by atoms with E-state index >= 15 is 0 Å². The number of piperidine rings is 1. The Bertz CT molecular complexity index is 782. The van der Waals surface area contributed by atoms with E-state index in [9.17, 15) is 9.59 Å². The highest BCUT2D eigenvalue weighted by molar-refractivity contribution is 5.83. The first-order chi connectivity index (χ1) is 12.6. The first-order valence-corrected chi connectivity index (χ1v) is 9.26. The summed E-state index contributed by atoms with van der Waals surface area (Å²) >= 11 is 0. The fraction of sp³-hybridized carbons (Fsp3) is 0.429. The van der Waals surface area contributed by atoms with Crippen LogP contribution in [0, 0.1) is 5.92 Å². The second kappa shape index (κ2) is 8.32. The molecule has 1 saturated heterocycles. The van der Waals surface area contributed by atoms with Crippen LogP contribution in [-0.2, 0) is 14.3 Å². The molecule has 2 N–H and O–H groups in total. The van der Waals surface area contributed by atoms with Gasteiger partial charge in [-0.25, -0.2) is 0 Å². The minimum absolute atomic E-state index is 0.0108. The molecule has 0 saturated carbocycles. The molecule has 5 heteroatoms. The molecule has 138 valence electrons. The third-order valence-corrected chi connectivity index (χ3v) is 5.29. The molecule has 0 spiro atoms. The van der Waals surface area contributed by atoms with Crippen LogP contribution in [0.1, 0.15) is 31.4 Å². The molecule has 0 aromatic heterocycles. The number of methoxy groups -OCH3 is 1. The molecule has 26 heavy (non-hydrogen) atoms. The molecule has 2 aromatic rings. The van der Waals surface area contributed by atoms with Crippen LogP contribution in [0.25, 0.3) is 10.8 Å². The number of amides is 1. The molecule has 1 heterocycles. The van der Waals surface area contributed by atoms with Gasteiger partial charge in [-0.3, -0.25) is 9.59 Å². The molecule has 1 atom stereocenters. The van der Waals surface area contributed by atoms with Crippen molar-refractivity contribution in [3.8, 4) is 0 Å². The number of rotatable bonds is 5. The predicted molar refractivity (Wildman–Crippen MR) is 101 cm³/mol. The Kier molecular flexibility index (Phi) is 5.89. The van der Waals surface area contributed by atoms with Crippen LogP contribution in [0.3, 0.4) is 0 Å². The average molecular weight is 355 g/mol. The molecule has 1 aliphatic rings. The summed E-state index contributed by atoms with van der Waals surface area (Å²) in [6.07, 6.45) is 1.57. The lowest BCUT2D eigenvalue weighted by molar-refractivity contribution is -0.897. The van der Waals surface area contributed by atoms with Crippen molar-refractivity contribution in [2.24, 2.45) is 5.92 Å². The number of esters is 1. The van der Waals surface area contributed by atoms with Gasteiger partial charge in [0.2, 0.25) is 0 Å². The monoisotopic (exact) mass is 355 g/mol. The fourth-order valence-electron chi connectivity index (χ4n) is 3.69. The Morgan fingerprint density at radius 3 is 2.54 bits per heavy atom. The van der Waals surface area contributed by atoms with Gasteiger partial charge in [0.15, 0.2) is 6.54 Å². The minimum atomic E-state index is -0.126. The third-order valence-electron chi connectivity index (χ3n) is 5.29. The number of benzene rings is 2. The van der Waals surface area contributed by atoms with Gasteiger partial charge in [0, 0.05) is 12.8 Å². The fourth-order valence-corrected chi connectivity index (χ4v) is 3.69. The lowest BCUT2D eigenvalue weighted by Crippen LogP contribution is -3.14. The van der Waals surface area contributed by atoms with E-state index in [2.05, 4.69) is 35.6 Å². The number of hydrogen-bond donors (Lipinski definition) is 2. The van der Waals surface area contributed by atoms with Gasteiger partial charge >= 0.3 is 5.97 Å². The van der Waals surface area contributed by atoms with Gasteiger partial charge in [0.1, 0.15) is 0 Å². The summed E-state index contributed by atoms with van der Waals surface area (Å²) in [6.45, 7) is 4.13. The van der Waals surface area contributed by atoms with Crippen molar-refractivity contribution in [2.75, 3.05) is 26.7 Å². The number of hydrogen-bond acceptors (Lipinski definition) is 3. The van der Waals surface area contributed by atoms with Crippen LogP contribution < -0.4 is 10.2 Å². The lowest BCUT2D eigenvalue weighted by Gasteiger charge is -2.27. The Hall–Kier alpha value is -2.40. The second-order valence-corrected chi connectivity index (χ2v) is 7.12. The first-order valence-electron chi connectivity index (χ1n) is 9.26. The Morgan fingerprint density at radius 1 is 1.15 bits per heavy atom. The van der Waals surface area contributed by atoms with Crippen molar-refractivity contribution in [1.29, 1.82) is 0 Å². The van der Waals surface area contributed by atoms with Gasteiger partial charge in [-0.05, 0) is 29.3 Å². The highest BCUT2D eigenvalue weighted by Crippen LogP contribution is 2.20. The summed E-state index contributed by atoms with van der Waals surface area (Å²) in [5.74, 6) is -0.0843. The standard InChI is InChI=1S/C21H26N2O3/c1-15(18-8-7-16-5-3-4-6-19(16)13-18)22-20(24)14-23-11-9-17(10-12-23)21(25)26-2/h3-8,13,15,17H,9-12,14H2,1-2H3,(H,22,24)/p+1/t15-/m0/s1. The maximum atomic E-state index is 12.4.